The highest BCUT2D eigenvalue weighted by atomic mass is 16.5. The molecule has 0 spiro atoms. The van der Waals surface area contributed by atoms with Gasteiger partial charge in [-0.15, -0.1) is 0 Å². The van der Waals surface area contributed by atoms with Crippen LogP contribution in [0, 0.1) is 11.8 Å². The van der Waals surface area contributed by atoms with Crippen LogP contribution in [-0.4, -0.2) is 12.7 Å². The lowest BCUT2D eigenvalue weighted by molar-refractivity contribution is 0.0525. The Balaban J connectivity index is 1.88. The summed E-state index contributed by atoms with van der Waals surface area (Å²) in [7, 11) is 0. The highest BCUT2D eigenvalue weighted by Crippen LogP contribution is 2.38. The predicted molar refractivity (Wildman–Crippen MR) is 59.2 cm³/mol. The van der Waals surface area contributed by atoms with E-state index in [9.17, 15) is 0 Å². The van der Waals surface area contributed by atoms with Gasteiger partial charge in [-0.1, -0.05) is 11.6 Å². The normalized spacial score (nSPS) is 31.8. The van der Waals surface area contributed by atoms with Crippen LogP contribution in [0.25, 0.3) is 0 Å². The largest absolute Gasteiger partial charge is 0.378 e. The summed E-state index contributed by atoms with van der Waals surface area (Å²) in [5.41, 5.74) is 1.71. The summed E-state index contributed by atoms with van der Waals surface area (Å²) in [6, 6.07) is 0. The molecule has 0 aromatic carbocycles. The van der Waals surface area contributed by atoms with Gasteiger partial charge in [0.15, 0.2) is 0 Å². The molecule has 0 N–H and O–H groups in total. The maximum Gasteiger partial charge on any atom is 0.0532 e. The summed E-state index contributed by atoms with van der Waals surface area (Å²) in [4.78, 5) is 0. The average Bonchev–Trinajstić information content (AvgIpc) is 2.14. The molecule has 2 unspecified atom stereocenters. The molecular formula is C13H22O. The number of rotatable bonds is 3. The molecule has 0 saturated heterocycles. The summed E-state index contributed by atoms with van der Waals surface area (Å²) >= 11 is 0. The molecule has 1 fully saturated rings. The Morgan fingerprint density at radius 1 is 1.50 bits per heavy atom. The van der Waals surface area contributed by atoms with Gasteiger partial charge in [0.25, 0.3) is 0 Å². The molecule has 14 heavy (non-hydrogen) atoms. The van der Waals surface area contributed by atoms with Gasteiger partial charge in [-0.05, 0) is 51.9 Å². The number of hydrogen-bond donors (Lipinski definition) is 0. The monoisotopic (exact) mass is 194 g/mol. The fourth-order valence-electron chi connectivity index (χ4n) is 2.81. The lowest BCUT2D eigenvalue weighted by Crippen LogP contribution is -2.22. The maximum absolute atomic E-state index is 5.70. The van der Waals surface area contributed by atoms with E-state index in [1.54, 1.807) is 5.57 Å². The number of ether oxygens (including phenoxy) is 1. The van der Waals surface area contributed by atoms with Gasteiger partial charge in [0.2, 0.25) is 0 Å². The summed E-state index contributed by atoms with van der Waals surface area (Å²) in [5, 5.41) is 0. The third-order valence-electron chi connectivity index (χ3n) is 3.41. The molecule has 0 radical (unpaired) electrons. The molecule has 0 amide bonds. The van der Waals surface area contributed by atoms with Crippen molar-refractivity contribution in [2.24, 2.45) is 11.8 Å². The topological polar surface area (TPSA) is 9.23 Å². The van der Waals surface area contributed by atoms with Crippen LogP contribution in [0.5, 0.6) is 0 Å². The smallest absolute Gasteiger partial charge is 0.0532 e. The molecule has 0 aromatic rings. The lowest BCUT2D eigenvalue weighted by Gasteiger charge is -2.33. The van der Waals surface area contributed by atoms with Gasteiger partial charge >= 0.3 is 0 Å². The molecule has 0 aromatic heterocycles. The zero-order chi connectivity index (χ0) is 9.97. The van der Waals surface area contributed by atoms with E-state index < -0.39 is 0 Å². The second kappa shape index (κ2) is 4.48. The van der Waals surface area contributed by atoms with Crippen molar-refractivity contribution < 1.29 is 4.74 Å². The van der Waals surface area contributed by atoms with Crippen LogP contribution in [0.15, 0.2) is 11.6 Å². The first-order valence-corrected chi connectivity index (χ1v) is 6.05. The summed E-state index contributed by atoms with van der Waals surface area (Å²) in [6.07, 6.45) is 9.88. The van der Waals surface area contributed by atoms with E-state index in [1.807, 2.05) is 0 Å². The van der Waals surface area contributed by atoms with E-state index in [0.717, 1.165) is 12.5 Å². The fraction of sp³-hybridized carbons (Fsp3) is 0.846. The second-order valence-corrected chi connectivity index (χ2v) is 5.17. The molecule has 2 bridgehead atoms. The van der Waals surface area contributed by atoms with Gasteiger partial charge in [-0.25, -0.2) is 0 Å². The van der Waals surface area contributed by atoms with Gasteiger partial charge < -0.3 is 4.74 Å². The minimum atomic E-state index is 0.384. The molecule has 1 heteroatoms. The molecule has 80 valence electrons. The van der Waals surface area contributed by atoms with Gasteiger partial charge in [0, 0.05) is 5.92 Å². The highest BCUT2D eigenvalue weighted by molar-refractivity contribution is 5.12. The number of allylic oxidation sites excluding steroid dienone is 1. The van der Waals surface area contributed by atoms with Crippen molar-refractivity contribution in [1.29, 1.82) is 0 Å². The lowest BCUT2D eigenvalue weighted by atomic mass is 9.75. The molecule has 2 atom stereocenters. The Labute approximate surface area is 87.5 Å². The van der Waals surface area contributed by atoms with E-state index in [-0.39, 0.29) is 0 Å². The molecule has 2 aliphatic rings. The van der Waals surface area contributed by atoms with E-state index in [0.29, 0.717) is 12.0 Å². The van der Waals surface area contributed by atoms with Crippen LogP contribution in [0.4, 0.5) is 0 Å². The van der Waals surface area contributed by atoms with Crippen LogP contribution in [0.1, 0.15) is 46.0 Å². The third-order valence-corrected chi connectivity index (χ3v) is 3.41. The van der Waals surface area contributed by atoms with Crippen molar-refractivity contribution >= 4 is 0 Å². The minimum absolute atomic E-state index is 0.384. The van der Waals surface area contributed by atoms with Crippen LogP contribution >= 0.6 is 0 Å². The molecular weight excluding hydrogens is 172 g/mol. The molecule has 2 rings (SSSR count). The summed E-state index contributed by atoms with van der Waals surface area (Å²) in [6.45, 7) is 5.19. The molecule has 2 aliphatic carbocycles. The quantitative estimate of drug-likeness (QED) is 0.624. The van der Waals surface area contributed by atoms with Crippen molar-refractivity contribution in [1.82, 2.24) is 0 Å². The number of fused-ring (bicyclic) bond motifs is 2. The molecule has 0 aliphatic heterocycles. The van der Waals surface area contributed by atoms with Crippen LogP contribution < -0.4 is 0 Å². The van der Waals surface area contributed by atoms with Gasteiger partial charge in [0.1, 0.15) is 0 Å². The van der Waals surface area contributed by atoms with Crippen molar-refractivity contribution in [3.8, 4) is 0 Å². The summed E-state index contributed by atoms with van der Waals surface area (Å²) < 4.78 is 5.70. The van der Waals surface area contributed by atoms with Crippen LogP contribution in [0.2, 0.25) is 0 Å². The van der Waals surface area contributed by atoms with Crippen molar-refractivity contribution in [3.05, 3.63) is 11.6 Å². The second-order valence-electron chi connectivity index (χ2n) is 5.17. The molecule has 1 nitrogen and oxygen atoms in total. The van der Waals surface area contributed by atoms with Crippen LogP contribution in [-0.2, 0) is 4.74 Å². The maximum atomic E-state index is 5.70. The van der Waals surface area contributed by atoms with Crippen LogP contribution in [0.3, 0.4) is 0 Å². The minimum Gasteiger partial charge on any atom is -0.378 e. The Hall–Kier alpha value is -0.300. The van der Waals surface area contributed by atoms with E-state index in [4.69, 9.17) is 4.74 Å². The fourth-order valence-corrected chi connectivity index (χ4v) is 2.81. The first-order valence-electron chi connectivity index (χ1n) is 6.05. The SMILES string of the molecule is CC(C)OCC1C=C2CCCC(C2)C1. The third kappa shape index (κ3) is 2.60. The van der Waals surface area contributed by atoms with E-state index in [1.165, 1.54) is 32.1 Å². The zero-order valence-electron chi connectivity index (χ0n) is 9.46. The predicted octanol–water partition coefficient (Wildman–Crippen LogP) is 3.55. The number of hydrogen-bond acceptors (Lipinski definition) is 1. The Bertz CT molecular complexity index is 217. The van der Waals surface area contributed by atoms with E-state index >= 15 is 0 Å². The first-order chi connectivity index (χ1) is 6.74. The van der Waals surface area contributed by atoms with Gasteiger partial charge in [-0.3, -0.25) is 0 Å². The molecule has 0 heterocycles. The van der Waals surface area contributed by atoms with Gasteiger partial charge in [0.05, 0.1) is 12.7 Å². The van der Waals surface area contributed by atoms with Crippen molar-refractivity contribution in [3.63, 3.8) is 0 Å². The highest BCUT2D eigenvalue weighted by Gasteiger charge is 2.25. The zero-order valence-corrected chi connectivity index (χ0v) is 9.46. The van der Waals surface area contributed by atoms with Gasteiger partial charge in [-0.2, -0.15) is 0 Å². The standard InChI is InChI=1S/C13H22O/c1-10(2)14-9-13-7-11-4-3-5-12(6-11)8-13/h7,10,12-13H,3-6,8-9H2,1-2H3. The first kappa shape index (κ1) is 10.2. The Morgan fingerprint density at radius 3 is 3.07 bits per heavy atom. The van der Waals surface area contributed by atoms with E-state index in [2.05, 4.69) is 19.9 Å². The van der Waals surface area contributed by atoms with Crippen molar-refractivity contribution in [2.45, 2.75) is 52.1 Å². The Morgan fingerprint density at radius 2 is 2.36 bits per heavy atom. The average molecular weight is 194 g/mol. The summed E-state index contributed by atoms with van der Waals surface area (Å²) in [5.74, 6) is 1.69. The molecule has 1 saturated carbocycles. The van der Waals surface area contributed by atoms with Crippen molar-refractivity contribution in [2.75, 3.05) is 6.61 Å². The Kier molecular flexibility index (Phi) is 3.27.